The first kappa shape index (κ1) is 19.9. The molecule has 0 saturated heterocycles. The molecule has 7 nitrogen and oxygen atoms in total. The summed E-state index contributed by atoms with van der Waals surface area (Å²) >= 11 is 0. The maximum absolute atomic E-state index is 10.6. The Balaban J connectivity index is 0.000000240. The topological polar surface area (TPSA) is 126 Å². The van der Waals surface area contributed by atoms with Crippen molar-refractivity contribution in [2.45, 2.75) is 51.5 Å². The Morgan fingerprint density at radius 2 is 2.00 bits per heavy atom. The van der Waals surface area contributed by atoms with E-state index in [1.54, 1.807) is 31.5 Å². The lowest BCUT2D eigenvalue weighted by Crippen LogP contribution is -2.34. The molecule has 1 atom stereocenters. The highest BCUT2D eigenvalue weighted by molar-refractivity contribution is 5.76. The Labute approximate surface area is 142 Å². The molecule has 0 radical (unpaired) electrons. The van der Waals surface area contributed by atoms with Gasteiger partial charge in [0.05, 0.1) is 12.1 Å². The summed E-state index contributed by atoms with van der Waals surface area (Å²) in [5.74, 6) is -1.58. The van der Waals surface area contributed by atoms with Gasteiger partial charge >= 0.3 is 11.9 Å². The highest BCUT2D eigenvalue weighted by Gasteiger charge is 2.32. The van der Waals surface area contributed by atoms with E-state index in [4.69, 9.17) is 15.9 Å². The third kappa shape index (κ3) is 6.95. The van der Waals surface area contributed by atoms with Gasteiger partial charge in [-0.1, -0.05) is 19.3 Å². The van der Waals surface area contributed by atoms with Crippen molar-refractivity contribution in [3.8, 4) is 0 Å². The zero-order valence-electron chi connectivity index (χ0n) is 14.1. The predicted octanol–water partition coefficient (Wildman–Crippen LogP) is 2.34. The molecule has 0 aliphatic heterocycles. The largest absolute Gasteiger partial charge is 0.481 e. The minimum Gasteiger partial charge on any atom is -0.481 e. The van der Waals surface area contributed by atoms with Crippen molar-refractivity contribution < 1.29 is 19.8 Å². The Morgan fingerprint density at radius 1 is 1.33 bits per heavy atom. The van der Waals surface area contributed by atoms with E-state index in [1.807, 2.05) is 0 Å². The predicted molar refractivity (Wildman–Crippen MR) is 91.8 cm³/mol. The van der Waals surface area contributed by atoms with Gasteiger partial charge in [-0.05, 0) is 43.9 Å². The van der Waals surface area contributed by atoms with E-state index >= 15 is 0 Å². The van der Waals surface area contributed by atoms with Crippen LogP contribution in [0.4, 0.5) is 5.69 Å². The molecule has 1 fully saturated rings. The summed E-state index contributed by atoms with van der Waals surface area (Å²) in [6.07, 6.45) is 8.99. The summed E-state index contributed by atoms with van der Waals surface area (Å²) in [5.41, 5.74) is 6.26. The van der Waals surface area contributed by atoms with E-state index in [0.29, 0.717) is 12.2 Å². The van der Waals surface area contributed by atoms with Crippen LogP contribution in [0.5, 0.6) is 0 Å². The number of carboxylic acid groups (broad SMARTS) is 2. The summed E-state index contributed by atoms with van der Waals surface area (Å²) < 4.78 is 0. The normalized spacial score (nSPS) is 17.1. The average Bonchev–Trinajstić information content (AvgIpc) is 2.56. The van der Waals surface area contributed by atoms with Crippen molar-refractivity contribution in [3.05, 3.63) is 24.5 Å². The number of carboxylic acids is 2. The van der Waals surface area contributed by atoms with Crippen molar-refractivity contribution in [2.24, 2.45) is 11.1 Å². The molecule has 0 spiro atoms. The van der Waals surface area contributed by atoms with E-state index in [1.165, 1.54) is 6.42 Å². The zero-order valence-corrected chi connectivity index (χ0v) is 14.1. The monoisotopic (exact) mass is 337 g/mol. The van der Waals surface area contributed by atoms with Crippen molar-refractivity contribution in [2.75, 3.05) is 11.9 Å². The van der Waals surface area contributed by atoms with Crippen LogP contribution in [0.15, 0.2) is 24.5 Å². The number of nitrogens with one attached hydrogen (secondary N) is 1. The fourth-order valence-electron chi connectivity index (χ4n) is 2.84. The van der Waals surface area contributed by atoms with Gasteiger partial charge in [0.1, 0.15) is 6.04 Å². The highest BCUT2D eigenvalue weighted by atomic mass is 16.4. The molecule has 1 saturated carbocycles. The van der Waals surface area contributed by atoms with Crippen LogP contribution < -0.4 is 11.1 Å². The van der Waals surface area contributed by atoms with Crippen molar-refractivity contribution >= 4 is 17.6 Å². The highest BCUT2D eigenvalue weighted by Crippen LogP contribution is 2.38. The number of anilines is 1. The Bertz CT molecular complexity index is 516. The fraction of sp³-hybridized carbons (Fsp3) is 0.588. The Hall–Kier alpha value is -2.15. The van der Waals surface area contributed by atoms with Gasteiger partial charge in [0.25, 0.3) is 0 Å². The minimum absolute atomic E-state index is 0.0793. The molecule has 5 N–H and O–H groups in total. The molecule has 1 aliphatic carbocycles. The second kappa shape index (κ2) is 9.87. The SMILES string of the molecule is C[C@H](Nc1cccnc1)C(=O)O.NCC1(CC(=O)O)CCCCC1. The molecule has 0 aromatic carbocycles. The number of nitrogens with two attached hydrogens (primary N) is 1. The third-order valence-electron chi connectivity index (χ3n) is 4.29. The number of aromatic nitrogens is 1. The van der Waals surface area contributed by atoms with Crippen LogP contribution in [0, 0.1) is 5.41 Å². The van der Waals surface area contributed by atoms with Gasteiger partial charge in [-0.15, -0.1) is 0 Å². The molecule has 0 unspecified atom stereocenters. The van der Waals surface area contributed by atoms with Gasteiger partial charge < -0.3 is 21.3 Å². The summed E-state index contributed by atoms with van der Waals surface area (Å²) in [5, 5.41) is 20.0. The number of hydrogen-bond acceptors (Lipinski definition) is 5. The second-order valence-electron chi connectivity index (χ2n) is 6.28. The molecule has 1 aromatic heterocycles. The van der Waals surface area contributed by atoms with Crippen LogP contribution in [0.25, 0.3) is 0 Å². The third-order valence-corrected chi connectivity index (χ3v) is 4.29. The van der Waals surface area contributed by atoms with Crippen LogP contribution >= 0.6 is 0 Å². The lowest BCUT2D eigenvalue weighted by molar-refractivity contribution is -0.140. The number of pyridine rings is 1. The molecular weight excluding hydrogens is 310 g/mol. The summed E-state index contributed by atoms with van der Waals surface area (Å²) in [7, 11) is 0. The first-order valence-electron chi connectivity index (χ1n) is 8.20. The van der Waals surface area contributed by atoms with Gasteiger partial charge in [0.2, 0.25) is 0 Å². The molecule has 2 rings (SSSR count). The Morgan fingerprint density at radius 3 is 2.46 bits per heavy atom. The van der Waals surface area contributed by atoms with E-state index in [0.717, 1.165) is 25.7 Å². The molecule has 0 bridgehead atoms. The van der Waals surface area contributed by atoms with E-state index in [2.05, 4.69) is 10.3 Å². The molecule has 134 valence electrons. The van der Waals surface area contributed by atoms with E-state index in [9.17, 15) is 9.59 Å². The van der Waals surface area contributed by atoms with Gasteiger partial charge in [-0.3, -0.25) is 14.6 Å². The first-order chi connectivity index (χ1) is 11.4. The van der Waals surface area contributed by atoms with Gasteiger partial charge in [-0.25, -0.2) is 0 Å². The number of aliphatic carboxylic acids is 2. The standard InChI is InChI=1S/C9H17NO2.C8H10N2O2/c10-7-9(6-8(11)12)4-2-1-3-5-9;1-6(8(11)12)10-7-3-2-4-9-5-7/h1-7,10H2,(H,11,12);2-6,10H,1H3,(H,11,12)/t;6-/m.0/s1. The molecule has 7 heteroatoms. The number of carbonyl (C=O) groups is 2. The lowest BCUT2D eigenvalue weighted by atomic mass is 9.72. The first-order valence-corrected chi connectivity index (χ1v) is 8.20. The minimum atomic E-state index is -0.876. The van der Waals surface area contributed by atoms with Crippen LogP contribution in [0.2, 0.25) is 0 Å². The average molecular weight is 337 g/mol. The van der Waals surface area contributed by atoms with E-state index < -0.39 is 18.0 Å². The van der Waals surface area contributed by atoms with Gasteiger partial charge in [-0.2, -0.15) is 0 Å². The van der Waals surface area contributed by atoms with Crippen molar-refractivity contribution in [1.82, 2.24) is 4.98 Å². The van der Waals surface area contributed by atoms with E-state index in [-0.39, 0.29) is 11.8 Å². The molecular formula is C17H27N3O4. The van der Waals surface area contributed by atoms with Crippen molar-refractivity contribution in [3.63, 3.8) is 0 Å². The smallest absolute Gasteiger partial charge is 0.325 e. The number of rotatable bonds is 6. The molecule has 1 aromatic rings. The fourth-order valence-corrected chi connectivity index (χ4v) is 2.84. The van der Waals surface area contributed by atoms with Gasteiger partial charge in [0.15, 0.2) is 0 Å². The quantitative estimate of drug-likeness (QED) is 0.627. The number of nitrogens with zero attached hydrogens (tertiary/aromatic N) is 1. The number of hydrogen-bond donors (Lipinski definition) is 4. The molecule has 1 aliphatic rings. The van der Waals surface area contributed by atoms with Gasteiger partial charge in [0, 0.05) is 12.4 Å². The lowest BCUT2D eigenvalue weighted by Gasteiger charge is -2.34. The van der Waals surface area contributed by atoms with Crippen LogP contribution in [-0.2, 0) is 9.59 Å². The van der Waals surface area contributed by atoms with Crippen LogP contribution in [0.3, 0.4) is 0 Å². The second-order valence-corrected chi connectivity index (χ2v) is 6.28. The molecule has 0 amide bonds. The zero-order chi connectivity index (χ0) is 18.0. The van der Waals surface area contributed by atoms with Crippen molar-refractivity contribution in [1.29, 1.82) is 0 Å². The Kier molecular flexibility index (Phi) is 8.18. The summed E-state index contributed by atoms with van der Waals surface area (Å²) in [6, 6.07) is 2.93. The summed E-state index contributed by atoms with van der Waals surface area (Å²) in [6.45, 7) is 2.11. The van der Waals surface area contributed by atoms with Crippen LogP contribution in [-0.4, -0.2) is 39.7 Å². The van der Waals surface area contributed by atoms with Crippen LogP contribution in [0.1, 0.15) is 45.4 Å². The molecule has 24 heavy (non-hydrogen) atoms. The maximum atomic E-state index is 10.6. The maximum Gasteiger partial charge on any atom is 0.325 e. The molecule has 1 heterocycles. The summed E-state index contributed by atoms with van der Waals surface area (Å²) in [4.78, 5) is 24.8.